The maximum atomic E-state index is 12.3. The van der Waals surface area contributed by atoms with Crippen molar-refractivity contribution in [3.8, 4) is 0 Å². The summed E-state index contributed by atoms with van der Waals surface area (Å²) in [7, 11) is -1.95. The van der Waals surface area contributed by atoms with Crippen LogP contribution in [0.1, 0.15) is 26.2 Å². The zero-order valence-electron chi connectivity index (χ0n) is 17.4. The molecule has 1 aromatic rings. The van der Waals surface area contributed by atoms with Gasteiger partial charge in [-0.25, -0.2) is 13.1 Å². The molecule has 1 heterocycles. The van der Waals surface area contributed by atoms with Gasteiger partial charge in [0.25, 0.3) is 0 Å². The number of rotatable bonds is 8. The molecule has 0 bridgehead atoms. The number of sulfonamides is 1. The molecule has 0 saturated carbocycles. The summed E-state index contributed by atoms with van der Waals surface area (Å²) in [6, 6.07) is 6.15. The molecule has 0 aromatic heterocycles. The van der Waals surface area contributed by atoms with Crippen LogP contribution in [0.3, 0.4) is 0 Å². The van der Waals surface area contributed by atoms with Gasteiger partial charge < -0.3 is 15.5 Å². The minimum atomic E-state index is -3.61. The minimum Gasteiger partial charge on any atom is -0.359 e. The number of piperidine rings is 1. The number of likely N-dealkylation sites (tertiary alicyclic amines) is 1. The lowest BCUT2D eigenvalue weighted by Gasteiger charge is -2.34. The number of nitrogens with one attached hydrogen (secondary N) is 3. The number of amides is 1. The molecule has 11 heteroatoms. The van der Waals surface area contributed by atoms with Crippen molar-refractivity contribution in [1.29, 1.82) is 0 Å². The van der Waals surface area contributed by atoms with Gasteiger partial charge in [-0.05, 0) is 43.9 Å². The molecule has 0 unspecified atom stereocenters. The van der Waals surface area contributed by atoms with Crippen molar-refractivity contribution >= 4 is 57.5 Å². The minimum absolute atomic E-state index is 0. The van der Waals surface area contributed by atoms with E-state index in [1.165, 1.54) is 12.1 Å². The first-order chi connectivity index (χ1) is 13.9. The second-order valence-corrected chi connectivity index (χ2v) is 9.10. The third-order valence-electron chi connectivity index (χ3n) is 4.77. The quantitative estimate of drug-likeness (QED) is 0.192. The van der Waals surface area contributed by atoms with Crippen LogP contribution in [0.2, 0.25) is 5.02 Å². The fourth-order valence-electron chi connectivity index (χ4n) is 3.20. The fraction of sp³-hybridized carbons (Fsp3) is 0.579. The summed E-state index contributed by atoms with van der Waals surface area (Å²) >= 11 is 5.87. The van der Waals surface area contributed by atoms with Gasteiger partial charge in [0.1, 0.15) is 0 Å². The SMILES string of the molecule is CCNC(=NCCNS(=O)(=O)c1cccc(Cl)c1)N1CCC(CC(=O)NC)CC1.I. The number of hydrogen-bond donors (Lipinski definition) is 3. The third-order valence-corrected chi connectivity index (χ3v) is 6.47. The predicted molar refractivity (Wildman–Crippen MR) is 131 cm³/mol. The Kier molecular flexibility index (Phi) is 12.0. The maximum Gasteiger partial charge on any atom is 0.240 e. The molecule has 1 amide bonds. The standard InChI is InChI=1S/C19H30ClN5O3S.HI/c1-3-22-19(25-11-7-15(8-12-25)13-18(26)21-2)23-9-10-24-29(27,28)17-6-4-5-16(20)14-17;/h4-6,14-15,24H,3,7-13H2,1-2H3,(H,21,26)(H,22,23);1H. The van der Waals surface area contributed by atoms with Gasteiger partial charge in [-0.15, -0.1) is 24.0 Å². The second-order valence-electron chi connectivity index (χ2n) is 6.90. The first-order valence-corrected chi connectivity index (χ1v) is 11.7. The Balaban J connectivity index is 0.00000450. The molecule has 2 rings (SSSR count). The van der Waals surface area contributed by atoms with Crippen molar-refractivity contribution < 1.29 is 13.2 Å². The lowest BCUT2D eigenvalue weighted by molar-refractivity contribution is -0.121. The summed E-state index contributed by atoms with van der Waals surface area (Å²) in [6.07, 6.45) is 2.42. The van der Waals surface area contributed by atoms with E-state index in [0.717, 1.165) is 38.4 Å². The van der Waals surface area contributed by atoms with Gasteiger partial charge in [0, 0.05) is 44.7 Å². The lowest BCUT2D eigenvalue weighted by Crippen LogP contribution is -2.46. The van der Waals surface area contributed by atoms with E-state index in [1.54, 1.807) is 19.2 Å². The van der Waals surface area contributed by atoms with Crippen molar-refractivity contribution in [2.45, 2.75) is 31.1 Å². The van der Waals surface area contributed by atoms with Crippen molar-refractivity contribution in [3.05, 3.63) is 29.3 Å². The number of aliphatic imine (C=N–C) groups is 1. The smallest absolute Gasteiger partial charge is 0.240 e. The zero-order valence-corrected chi connectivity index (χ0v) is 21.3. The molecule has 1 aliphatic heterocycles. The number of nitrogens with zero attached hydrogens (tertiary/aromatic N) is 2. The van der Waals surface area contributed by atoms with Gasteiger partial charge in [-0.3, -0.25) is 9.79 Å². The third kappa shape index (κ3) is 8.56. The Morgan fingerprint density at radius 3 is 2.60 bits per heavy atom. The molecule has 1 saturated heterocycles. The lowest BCUT2D eigenvalue weighted by atomic mass is 9.93. The van der Waals surface area contributed by atoms with Gasteiger partial charge >= 0.3 is 0 Å². The molecule has 0 radical (unpaired) electrons. The molecule has 170 valence electrons. The summed E-state index contributed by atoms with van der Waals surface area (Å²) < 4.78 is 27.2. The summed E-state index contributed by atoms with van der Waals surface area (Å²) in [6.45, 7) is 4.88. The van der Waals surface area contributed by atoms with Crippen molar-refractivity contribution in [3.63, 3.8) is 0 Å². The zero-order chi connectivity index (χ0) is 21.3. The molecule has 0 atom stereocenters. The number of benzene rings is 1. The van der Waals surface area contributed by atoms with E-state index in [9.17, 15) is 13.2 Å². The van der Waals surface area contributed by atoms with E-state index >= 15 is 0 Å². The van der Waals surface area contributed by atoms with Crippen LogP contribution in [0, 0.1) is 5.92 Å². The Morgan fingerprint density at radius 1 is 1.30 bits per heavy atom. The molecule has 3 N–H and O–H groups in total. The summed E-state index contributed by atoms with van der Waals surface area (Å²) in [5.41, 5.74) is 0. The summed E-state index contributed by atoms with van der Waals surface area (Å²) in [5.74, 6) is 1.24. The summed E-state index contributed by atoms with van der Waals surface area (Å²) in [5, 5.41) is 6.31. The number of guanidine groups is 1. The second kappa shape index (κ2) is 13.3. The largest absolute Gasteiger partial charge is 0.359 e. The molecular formula is C19H31ClIN5O3S. The highest BCUT2D eigenvalue weighted by Crippen LogP contribution is 2.20. The normalized spacial score (nSPS) is 15.4. The molecule has 30 heavy (non-hydrogen) atoms. The number of halogens is 2. The molecular weight excluding hydrogens is 541 g/mol. The Bertz CT molecular complexity index is 814. The number of carbonyl (C=O) groups is 1. The topological polar surface area (TPSA) is 103 Å². The average molecular weight is 572 g/mol. The van der Waals surface area contributed by atoms with Crippen molar-refractivity contribution in [1.82, 2.24) is 20.3 Å². The van der Waals surface area contributed by atoms with Gasteiger partial charge in [-0.1, -0.05) is 17.7 Å². The number of carbonyl (C=O) groups excluding carboxylic acids is 1. The highest BCUT2D eigenvalue weighted by atomic mass is 127. The van der Waals surface area contributed by atoms with Crippen LogP contribution in [0.15, 0.2) is 34.2 Å². The van der Waals surface area contributed by atoms with Crippen LogP contribution >= 0.6 is 35.6 Å². The van der Waals surface area contributed by atoms with Crippen LogP contribution in [0.4, 0.5) is 0 Å². The Labute approximate surface area is 201 Å². The van der Waals surface area contributed by atoms with Crippen LogP contribution < -0.4 is 15.4 Å². The number of hydrogen-bond acceptors (Lipinski definition) is 4. The van der Waals surface area contributed by atoms with E-state index in [2.05, 4.69) is 25.2 Å². The summed E-state index contributed by atoms with van der Waals surface area (Å²) in [4.78, 5) is 18.4. The van der Waals surface area contributed by atoms with Crippen LogP contribution in [0.5, 0.6) is 0 Å². The van der Waals surface area contributed by atoms with E-state index in [-0.39, 0.29) is 41.3 Å². The van der Waals surface area contributed by atoms with Crippen LogP contribution in [-0.4, -0.2) is 65.0 Å². The van der Waals surface area contributed by atoms with E-state index in [4.69, 9.17) is 11.6 Å². The molecule has 0 spiro atoms. The van der Waals surface area contributed by atoms with E-state index < -0.39 is 10.0 Å². The van der Waals surface area contributed by atoms with Crippen LogP contribution in [0.25, 0.3) is 0 Å². The highest BCUT2D eigenvalue weighted by molar-refractivity contribution is 14.0. The Morgan fingerprint density at radius 2 is 2.00 bits per heavy atom. The molecule has 1 fully saturated rings. The van der Waals surface area contributed by atoms with E-state index in [1.807, 2.05) is 6.92 Å². The maximum absolute atomic E-state index is 12.3. The van der Waals surface area contributed by atoms with Gasteiger partial charge in [0.2, 0.25) is 15.9 Å². The average Bonchev–Trinajstić information content (AvgIpc) is 2.71. The van der Waals surface area contributed by atoms with Crippen molar-refractivity contribution in [2.75, 3.05) is 39.8 Å². The highest BCUT2D eigenvalue weighted by Gasteiger charge is 2.23. The van der Waals surface area contributed by atoms with E-state index in [0.29, 0.717) is 23.9 Å². The van der Waals surface area contributed by atoms with Gasteiger partial charge in [0.05, 0.1) is 11.4 Å². The molecule has 1 aromatic carbocycles. The first-order valence-electron chi connectivity index (χ1n) is 9.84. The first kappa shape index (κ1) is 26.9. The van der Waals surface area contributed by atoms with Gasteiger partial charge in [0.15, 0.2) is 5.96 Å². The molecule has 1 aliphatic rings. The predicted octanol–water partition coefficient (Wildman–Crippen LogP) is 2.05. The van der Waals surface area contributed by atoms with Crippen LogP contribution in [-0.2, 0) is 14.8 Å². The molecule has 8 nitrogen and oxygen atoms in total. The monoisotopic (exact) mass is 571 g/mol. The fourth-order valence-corrected chi connectivity index (χ4v) is 4.52. The Hall–Kier alpha value is -1.11. The van der Waals surface area contributed by atoms with Crippen molar-refractivity contribution in [2.24, 2.45) is 10.9 Å². The molecule has 0 aliphatic carbocycles. The van der Waals surface area contributed by atoms with Gasteiger partial charge in [-0.2, -0.15) is 0 Å².